The van der Waals surface area contributed by atoms with Gasteiger partial charge in [0.2, 0.25) is 5.91 Å². The van der Waals surface area contributed by atoms with Gasteiger partial charge in [-0.15, -0.1) is 0 Å². The van der Waals surface area contributed by atoms with E-state index in [1.54, 1.807) is 6.20 Å². The van der Waals surface area contributed by atoms with Gasteiger partial charge < -0.3 is 15.2 Å². The predicted molar refractivity (Wildman–Crippen MR) is 114 cm³/mol. The molecule has 0 radical (unpaired) electrons. The fourth-order valence-electron chi connectivity index (χ4n) is 4.87. The fourth-order valence-corrected chi connectivity index (χ4v) is 4.87. The second-order valence-electron chi connectivity index (χ2n) is 8.72. The normalized spacial score (nSPS) is 21.6. The van der Waals surface area contributed by atoms with E-state index in [4.69, 9.17) is 0 Å². The highest BCUT2D eigenvalue weighted by Crippen LogP contribution is 2.30. The van der Waals surface area contributed by atoms with Crippen molar-refractivity contribution in [2.75, 3.05) is 11.9 Å². The standard InChI is InChI=1S/C22H29N7O/c1-13-14(2)24-20-8-10-23-29(20)21(13)27-17-6-4-16(5-7-17)22(30)28-11-9-18-19(12-28)26-15(3)25-18/h8,10,16-17,27H,4-7,9,11-12H2,1-3H3,(H,25,26). The highest BCUT2D eigenvalue weighted by Gasteiger charge is 2.32. The molecule has 8 nitrogen and oxygen atoms in total. The molecule has 3 aromatic heterocycles. The zero-order chi connectivity index (χ0) is 20.8. The van der Waals surface area contributed by atoms with E-state index in [1.807, 2.05) is 29.3 Å². The van der Waals surface area contributed by atoms with E-state index in [0.717, 1.165) is 78.6 Å². The first-order valence-corrected chi connectivity index (χ1v) is 10.9. The molecule has 0 atom stereocenters. The molecule has 30 heavy (non-hydrogen) atoms. The predicted octanol–water partition coefficient (Wildman–Crippen LogP) is 2.93. The van der Waals surface area contributed by atoms with Gasteiger partial charge in [-0.1, -0.05) is 0 Å². The maximum absolute atomic E-state index is 13.1. The van der Waals surface area contributed by atoms with Crippen molar-refractivity contribution in [1.29, 1.82) is 0 Å². The number of nitrogens with one attached hydrogen (secondary N) is 2. The van der Waals surface area contributed by atoms with Crippen LogP contribution in [0.4, 0.5) is 5.82 Å². The maximum atomic E-state index is 13.1. The summed E-state index contributed by atoms with van der Waals surface area (Å²) in [6, 6.07) is 2.28. The van der Waals surface area contributed by atoms with Crippen molar-refractivity contribution in [3.63, 3.8) is 0 Å². The van der Waals surface area contributed by atoms with Crippen LogP contribution >= 0.6 is 0 Å². The van der Waals surface area contributed by atoms with Gasteiger partial charge in [-0.25, -0.2) is 9.97 Å². The molecule has 0 spiro atoms. The van der Waals surface area contributed by atoms with Crippen molar-refractivity contribution in [2.24, 2.45) is 5.92 Å². The molecule has 1 amide bonds. The molecular weight excluding hydrogens is 378 g/mol. The minimum Gasteiger partial charge on any atom is -0.367 e. The largest absolute Gasteiger partial charge is 0.367 e. The molecule has 2 aliphatic rings. The SMILES string of the molecule is Cc1nc2c([nH]1)CN(C(=O)C1CCC(Nc3c(C)c(C)nc4ccnn34)CC1)CC2. The number of nitrogens with zero attached hydrogens (tertiary/aromatic N) is 5. The Bertz CT molecular complexity index is 1090. The molecule has 8 heteroatoms. The van der Waals surface area contributed by atoms with Crippen LogP contribution in [-0.2, 0) is 17.8 Å². The molecule has 0 saturated heterocycles. The molecule has 3 aromatic rings. The van der Waals surface area contributed by atoms with Crippen LogP contribution in [0, 0.1) is 26.7 Å². The van der Waals surface area contributed by atoms with E-state index in [9.17, 15) is 4.79 Å². The van der Waals surface area contributed by atoms with E-state index in [2.05, 4.69) is 32.3 Å². The Kier molecular flexibility index (Phi) is 4.72. The van der Waals surface area contributed by atoms with E-state index in [1.165, 1.54) is 0 Å². The molecule has 1 saturated carbocycles. The first-order valence-electron chi connectivity index (χ1n) is 10.9. The van der Waals surface area contributed by atoms with Crippen molar-refractivity contribution < 1.29 is 4.79 Å². The lowest BCUT2D eigenvalue weighted by Gasteiger charge is -2.34. The molecule has 0 unspecified atom stereocenters. The third-order valence-electron chi connectivity index (χ3n) is 6.69. The van der Waals surface area contributed by atoms with Crippen LogP contribution in [0.5, 0.6) is 0 Å². The van der Waals surface area contributed by atoms with Crippen LogP contribution in [-0.4, -0.2) is 48.0 Å². The third-order valence-corrected chi connectivity index (χ3v) is 6.69. The number of amides is 1. The van der Waals surface area contributed by atoms with Crippen molar-refractivity contribution in [2.45, 2.75) is 65.5 Å². The molecular formula is C22H29N7O. The van der Waals surface area contributed by atoms with E-state index in [0.29, 0.717) is 18.5 Å². The second kappa shape index (κ2) is 7.41. The number of fused-ring (bicyclic) bond motifs is 2. The van der Waals surface area contributed by atoms with Crippen LogP contribution in [0.3, 0.4) is 0 Å². The van der Waals surface area contributed by atoms with Crippen molar-refractivity contribution >= 4 is 17.4 Å². The summed E-state index contributed by atoms with van der Waals surface area (Å²) in [4.78, 5) is 27.6. The summed E-state index contributed by atoms with van der Waals surface area (Å²) in [5.74, 6) is 2.39. The summed E-state index contributed by atoms with van der Waals surface area (Å²) in [6.45, 7) is 7.54. The molecule has 5 rings (SSSR count). The number of imidazole rings is 1. The van der Waals surface area contributed by atoms with Crippen LogP contribution < -0.4 is 5.32 Å². The Morgan fingerprint density at radius 1 is 1.17 bits per heavy atom. The van der Waals surface area contributed by atoms with Gasteiger partial charge in [-0.3, -0.25) is 4.79 Å². The first kappa shape index (κ1) is 19.1. The quantitative estimate of drug-likeness (QED) is 0.697. The van der Waals surface area contributed by atoms with Gasteiger partial charge in [0.15, 0.2) is 5.65 Å². The number of aromatic amines is 1. The number of aromatic nitrogens is 5. The average Bonchev–Trinajstić information content (AvgIpc) is 3.35. The van der Waals surface area contributed by atoms with Crippen LogP contribution in [0.2, 0.25) is 0 Å². The third kappa shape index (κ3) is 3.34. The number of carbonyl (C=O) groups is 1. The Morgan fingerprint density at radius 3 is 2.77 bits per heavy atom. The zero-order valence-corrected chi connectivity index (χ0v) is 17.9. The van der Waals surface area contributed by atoms with Crippen molar-refractivity contribution in [1.82, 2.24) is 29.5 Å². The minimum atomic E-state index is 0.124. The summed E-state index contributed by atoms with van der Waals surface area (Å²) >= 11 is 0. The smallest absolute Gasteiger partial charge is 0.226 e. The van der Waals surface area contributed by atoms with Gasteiger partial charge in [-0.2, -0.15) is 9.61 Å². The van der Waals surface area contributed by atoms with Gasteiger partial charge in [0.05, 0.1) is 24.1 Å². The Balaban J connectivity index is 1.23. The van der Waals surface area contributed by atoms with E-state index in [-0.39, 0.29) is 5.92 Å². The maximum Gasteiger partial charge on any atom is 0.226 e. The van der Waals surface area contributed by atoms with E-state index >= 15 is 0 Å². The zero-order valence-electron chi connectivity index (χ0n) is 17.9. The summed E-state index contributed by atoms with van der Waals surface area (Å²) < 4.78 is 1.89. The number of H-pyrrole nitrogens is 1. The lowest BCUT2D eigenvalue weighted by molar-refractivity contribution is -0.137. The molecule has 1 fully saturated rings. The average molecular weight is 408 g/mol. The number of anilines is 1. The second-order valence-corrected chi connectivity index (χ2v) is 8.72. The molecule has 1 aliphatic heterocycles. The molecule has 158 valence electrons. The van der Waals surface area contributed by atoms with Gasteiger partial charge in [0.1, 0.15) is 11.6 Å². The lowest BCUT2D eigenvalue weighted by atomic mass is 9.84. The van der Waals surface area contributed by atoms with Crippen molar-refractivity contribution in [3.8, 4) is 0 Å². The highest BCUT2D eigenvalue weighted by molar-refractivity contribution is 5.79. The number of rotatable bonds is 3. The van der Waals surface area contributed by atoms with Crippen LogP contribution in [0.1, 0.15) is 54.2 Å². The molecule has 4 heterocycles. The van der Waals surface area contributed by atoms with E-state index < -0.39 is 0 Å². The number of hydrogen-bond acceptors (Lipinski definition) is 5. The number of carbonyl (C=O) groups excluding carboxylic acids is 1. The molecule has 0 bridgehead atoms. The lowest BCUT2D eigenvalue weighted by Crippen LogP contribution is -2.42. The highest BCUT2D eigenvalue weighted by atomic mass is 16.2. The summed E-state index contributed by atoms with van der Waals surface area (Å²) in [5, 5.41) is 8.13. The van der Waals surface area contributed by atoms with Gasteiger partial charge in [0.25, 0.3) is 0 Å². The first-order chi connectivity index (χ1) is 14.5. The number of aryl methyl sites for hydroxylation is 2. The minimum absolute atomic E-state index is 0.124. The Labute approximate surface area is 176 Å². The van der Waals surface area contributed by atoms with Crippen LogP contribution in [0.25, 0.3) is 5.65 Å². The molecule has 2 N–H and O–H groups in total. The summed E-state index contributed by atoms with van der Waals surface area (Å²) in [7, 11) is 0. The topological polar surface area (TPSA) is 91.2 Å². The van der Waals surface area contributed by atoms with Gasteiger partial charge in [0, 0.05) is 42.2 Å². The van der Waals surface area contributed by atoms with Gasteiger partial charge >= 0.3 is 0 Å². The summed E-state index contributed by atoms with van der Waals surface area (Å²) in [6.07, 6.45) is 6.46. The molecule has 0 aromatic carbocycles. The summed E-state index contributed by atoms with van der Waals surface area (Å²) in [5.41, 5.74) is 5.24. The number of hydrogen-bond donors (Lipinski definition) is 2. The fraction of sp³-hybridized carbons (Fsp3) is 0.545. The van der Waals surface area contributed by atoms with Crippen molar-refractivity contribution in [3.05, 3.63) is 40.7 Å². The van der Waals surface area contributed by atoms with Gasteiger partial charge in [-0.05, 0) is 46.5 Å². The monoisotopic (exact) mass is 407 g/mol. The Morgan fingerprint density at radius 2 is 1.97 bits per heavy atom. The van der Waals surface area contributed by atoms with Crippen LogP contribution in [0.15, 0.2) is 12.3 Å². The Hall–Kier alpha value is -2.90. The molecule has 1 aliphatic carbocycles.